The fourth-order valence-electron chi connectivity index (χ4n) is 5.31. The highest BCUT2D eigenvalue weighted by Crippen LogP contribution is 2.26. The number of benzene rings is 1. The van der Waals surface area contributed by atoms with E-state index in [1.54, 1.807) is 0 Å². The van der Waals surface area contributed by atoms with Crippen LogP contribution in [0.3, 0.4) is 0 Å². The standard InChI is InChI=1S/C25H41N5O/c1-3-26-25(28-23-11-12-30(19-23)24-9-4-5-10-24)27-16-21-7-6-8-22(15-21)18-29-13-14-31-20(2)17-29/h6-8,15,20,23-24H,3-5,9-14,16-19H2,1-2H3,(H2,26,27,28). The van der Waals surface area contributed by atoms with Gasteiger partial charge in [-0.2, -0.15) is 0 Å². The van der Waals surface area contributed by atoms with Gasteiger partial charge in [0.1, 0.15) is 0 Å². The van der Waals surface area contributed by atoms with Crippen LogP contribution in [0.5, 0.6) is 0 Å². The van der Waals surface area contributed by atoms with E-state index in [1.165, 1.54) is 49.8 Å². The van der Waals surface area contributed by atoms with E-state index >= 15 is 0 Å². The number of hydrogen-bond donors (Lipinski definition) is 2. The van der Waals surface area contributed by atoms with Crippen molar-refractivity contribution in [1.29, 1.82) is 0 Å². The topological polar surface area (TPSA) is 52.1 Å². The Morgan fingerprint density at radius 1 is 1.13 bits per heavy atom. The number of ether oxygens (including phenoxy) is 1. The number of hydrogen-bond acceptors (Lipinski definition) is 4. The molecule has 2 heterocycles. The Morgan fingerprint density at radius 3 is 2.77 bits per heavy atom. The van der Waals surface area contributed by atoms with Gasteiger partial charge in [-0.05, 0) is 44.2 Å². The SMILES string of the molecule is CCNC(=NCc1cccc(CN2CCOC(C)C2)c1)NC1CCN(C2CCCC2)C1. The summed E-state index contributed by atoms with van der Waals surface area (Å²) in [5, 5.41) is 7.15. The maximum absolute atomic E-state index is 5.67. The summed E-state index contributed by atoms with van der Waals surface area (Å²) in [6, 6.07) is 10.2. The number of aliphatic imine (C=N–C) groups is 1. The molecule has 3 fully saturated rings. The molecule has 1 saturated carbocycles. The molecule has 1 aromatic rings. The summed E-state index contributed by atoms with van der Waals surface area (Å²) < 4.78 is 5.67. The minimum atomic E-state index is 0.329. The molecule has 31 heavy (non-hydrogen) atoms. The van der Waals surface area contributed by atoms with E-state index in [2.05, 4.69) is 58.5 Å². The van der Waals surface area contributed by atoms with Gasteiger partial charge in [0.05, 0.1) is 19.3 Å². The van der Waals surface area contributed by atoms with Gasteiger partial charge in [0, 0.05) is 51.4 Å². The highest BCUT2D eigenvalue weighted by molar-refractivity contribution is 5.80. The fraction of sp³-hybridized carbons (Fsp3) is 0.720. The van der Waals surface area contributed by atoms with Crippen molar-refractivity contribution < 1.29 is 4.74 Å². The first-order valence-corrected chi connectivity index (χ1v) is 12.4. The number of morpholine rings is 1. The fourth-order valence-corrected chi connectivity index (χ4v) is 5.31. The molecule has 0 bridgehead atoms. The Kier molecular flexibility index (Phi) is 8.22. The van der Waals surface area contributed by atoms with Gasteiger partial charge >= 0.3 is 0 Å². The molecule has 2 unspecified atom stereocenters. The second-order valence-corrected chi connectivity index (χ2v) is 9.49. The molecule has 6 heteroatoms. The van der Waals surface area contributed by atoms with Gasteiger partial charge in [-0.1, -0.05) is 37.1 Å². The van der Waals surface area contributed by atoms with Crippen LogP contribution in [0.15, 0.2) is 29.3 Å². The van der Waals surface area contributed by atoms with E-state index in [0.717, 1.165) is 51.3 Å². The van der Waals surface area contributed by atoms with Crippen molar-refractivity contribution in [2.24, 2.45) is 4.99 Å². The number of guanidine groups is 1. The minimum Gasteiger partial charge on any atom is -0.376 e. The average molecular weight is 428 g/mol. The molecule has 0 spiro atoms. The lowest BCUT2D eigenvalue weighted by atomic mass is 10.1. The Labute approximate surface area is 188 Å². The summed E-state index contributed by atoms with van der Waals surface area (Å²) >= 11 is 0. The highest BCUT2D eigenvalue weighted by atomic mass is 16.5. The maximum atomic E-state index is 5.67. The largest absolute Gasteiger partial charge is 0.376 e. The van der Waals surface area contributed by atoms with Crippen molar-refractivity contribution in [2.75, 3.05) is 39.3 Å². The van der Waals surface area contributed by atoms with Crippen molar-refractivity contribution in [3.05, 3.63) is 35.4 Å². The van der Waals surface area contributed by atoms with Gasteiger partial charge in [0.15, 0.2) is 5.96 Å². The lowest BCUT2D eigenvalue weighted by Gasteiger charge is -2.31. The Hall–Kier alpha value is -1.63. The molecule has 0 radical (unpaired) electrons. The zero-order chi connectivity index (χ0) is 21.5. The Balaban J connectivity index is 1.31. The lowest BCUT2D eigenvalue weighted by Crippen LogP contribution is -2.45. The maximum Gasteiger partial charge on any atom is 0.191 e. The van der Waals surface area contributed by atoms with Crippen molar-refractivity contribution in [1.82, 2.24) is 20.4 Å². The summed E-state index contributed by atoms with van der Waals surface area (Å²) in [7, 11) is 0. The molecule has 0 amide bonds. The summed E-state index contributed by atoms with van der Waals surface area (Å²) in [6.07, 6.45) is 7.14. The molecule has 2 N–H and O–H groups in total. The van der Waals surface area contributed by atoms with E-state index in [-0.39, 0.29) is 0 Å². The van der Waals surface area contributed by atoms with Gasteiger partial charge in [-0.25, -0.2) is 4.99 Å². The predicted octanol–water partition coefficient (Wildman–Crippen LogP) is 2.98. The molecule has 2 atom stereocenters. The zero-order valence-electron chi connectivity index (χ0n) is 19.5. The molecule has 2 saturated heterocycles. The van der Waals surface area contributed by atoms with Crippen LogP contribution in [0.1, 0.15) is 57.1 Å². The Morgan fingerprint density at radius 2 is 1.97 bits per heavy atom. The number of rotatable bonds is 7. The van der Waals surface area contributed by atoms with Gasteiger partial charge in [0.25, 0.3) is 0 Å². The number of nitrogens with zero attached hydrogens (tertiary/aromatic N) is 3. The molecule has 2 aliphatic heterocycles. The molecule has 0 aromatic heterocycles. The molecule has 4 rings (SSSR count). The normalized spacial score (nSPS) is 26.5. The van der Waals surface area contributed by atoms with Crippen LogP contribution in [0, 0.1) is 0 Å². The molecule has 1 aliphatic carbocycles. The third-order valence-corrected chi connectivity index (χ3v) is 6.89. The van der Waals surface area contributed by atoms with Gasteiger partial charge in [0.2, 0.25) is 0 Å². The number of nitrogens with one attached hydrogen (secondary N) is 2. The first-order valence-electron chi connectivity index (χ1n) is 12.4. The van der Waals surface area contributed by atoms with Crippen LogP contribution in [0.2, 0.25) is 0 Å². The molecule has 6 nitrogen and oxygen atoms in total. The van der Waals surface area contributed by atoms with Crippen LogP contribution >= 0.6 is 0 Å². The molecule has 172 valence electrons. The van der Waals surface area contributed by atoms with Crippen LogP contribution < -0.4 is 10.6 Å². The predicted molar refractivity (Wildman–Crippen MR) is 127 cm³/mol. The minimum absolute atomic E-state index is 0.329. The summed E-state index contributed by atoms with van der Waals surface area (Å²) in [5.74, 6) is 0.952. The monoisotopic (exact) mass is 427 g/mol. The van der Waals surface area contributed by atoms with Crippen LogP contribution in [0.4, 0.5) is 0 Å². The van der Waals surface area contributed by atoms with Gasteiger partial charge in [-0.3, -0.25) is 9.80 Å². The second-order valence-electron chi connectivity index (χ2n) is 9.49. The highest BCUT2D eigenvalue weighted by Gasteiger charge is 2.30. The van der Waals surface area contributed by atoms with Crippen LogP contribution in [0.25, 0.3) is 0 Å². The quantitative estimate of drug-likeness (QED) is 0.518. The lowest BCUT2D eigenvalue weighted by molar-refractivity contribution is -0.0212. The van der Waals surface area contributed by atoms with E-state index in [1.807, 2.05) is 0 Å². The average Bonchev–Trinajstić information content (AvgIpc) is 3.45. The van der Waals surface area contributed by atoms with Crippen molar-refractivity contribution >= 4 is 5.96 Å². The van der Waals surface area contributed by atoms with E-state index in [0.29, 0.717) is 18.7 Å². The second kappa shape index (κ2) is 11.3. The third kappa shape index (κ3) is 6.67. The zero-order valence-corrected chi connectivity index (χ0v) is 19.5. The summed E-state index contributed by atoms with van der Waals surface area (Å²) in [5.41, 5.74) is 2.64. The van der Waals surface area contributed by atoms with E-state index in [9.17, 15) is 0 Å². The number of likely N-dealkylation sites (tertiary alicyclic amines) is 1. The van der Waals surface area contributed by atoms with Crippen molar-refractivity contribution in [3.63, 3.8) is 0 Å². The summed E-state index contributed by atoms with van der Waals surface area (Å²) in [6.45, 7) is 12.1. The summed E-state index contributed by atoms with van der Waals surface area (Å²) in [4.78, 5) is 10.1. The first kappa shape index (κ1) is 22.6. The first-order chi connectivity index (χ1) is 15.2. The third-order valence-electron chi connectivity index (χ3n) is 6.89. The van der Waals surface area contributed by atoms with Gasteiger partial charge < -0.3 is 15.4 Å². The van der Waals surface area contributed by atoms with Crippen molar-refractivity contribution in [2.45, 2.75) is 77.2 Å². The van der Waals surface area contributed by atoms with Crippen LogP contribution in [-0.4, -0.2) is 73.3 Å². The molecule has 3 aliphatic rings. The van der Waals surface area contributed by atoms with Gasteiger partial charge in [-0.15, -0.1) is 0 Å². The van der Waals surface area contributed by atoms with Crippen LogP contribution in [-0.2, 0) is 17.8 Å². The molecular formula is C25H41N5O. The Bertz CT molecular complexity index is 718. The smallest absolute Gasteiger partial charge is 0.191 e. The van der Waals surface area contributed by atoms with E-state index < -0.39 is 0 Å². The molecular weight excluding hydrogens is 386 g/mol. The molecule has 1 aromatic carbocycles. The van der Waals surface area contributed by atoms with E-state index in [4.69, 9.17) is 9.73 Å². The van der Waals surface area contributed by atoms with Crippen molar-refractivity contribution in [3.8, 4) is 0 Å².